The Morgan fingerprint density at radius 2 is 1.93 bits per heavy atom. The molecule has 1 heteroatoms. The summed E-state index contributed by atoms with van der Waals surface area (Å²) in [5.41, 5.74) is 1.28. The van der Waals surface area contributed by atoms with E-state index >= 15 is 0 Å². The van der Waals surface area contributed by atoms with E-state index in [4.69, 9.17) is 4.74 Å². The van der Waals surface area contributed by atoms with Gasteiger partial charge in [-0.25, -0.2) is 0 Å². The Balaban J connectivity index is 1.94. The third-order valence-corrected chi connectivity index (χ3v) is 2.34. The fourth-order valence-electron chi connectivity index (χ4n) is 1.51. The number of epoxide rings is 1. The highest BCUT2D eigenvalue weighted by atomic mass is 16.6. The fourth-order valence-corrected chi connectivity index (χ4v) is 1.51. The first kappa shape index (κ1) is 9.47. The van der Waals surface area contributed by atoms with Gasteiger partial charge in [0.2, 0.25) is 0 Å². The second-order valence-corrected chi connectivity index (χ2v) is 4.06. The Hall–Kier alpha value is -1.08. The maximum Gasteiger partial charge on any atom is 0.113 e. The van der Waals surface area contributed by atoms with E-state index in [0.29, 0.717) is 18.1 Å². The SMILES string of the molecule is CC(C)/C=C/[C@H]1O[C@H]1c1ccccc1. The van der Waals surface area contributed by atoms with Crippen molar-refractivity contribution < 1.29 is 4.74 Å². The van der Waals surface area contributed by atoms with Crippen LogP contribution in [0.25, 0.3) is 0 Å². The van der Waals surface area contributed by atoms with Crippen LogP contribution in [-0.2, 0) is 4.74 Å². The van der Waals surface area contributed by atoms with Crippen LogP contribution >= 0.6 is 0 Å². The summed E-state index contributed by atoms with van der Waals surface area (Å²) in [4.78, 5) is 0. The van der Waals surface area contributed by atoms with Gasteiger partial charge in [0, 0.05) is 0 Å². The molecular weight excluding hydrogens is 172 g/mol. The third-order valence-electron chi connectivity index (χ3n) is 2.34. The predicted molar refractivity (Wildman–Crippen MR) is 58.0 cm³/mol. The molecule has 2 atom stereocenters. The quantitative estimate of drug-likeness (QED) is 0.523. The molecule has 74 valence electrons. The van der Waals surface area contributed by atoms with E-state index in [1.54, 1.807) is 0 Å². The molecule has 1 nitrogen and oxygen atoms in total. The van der Waals surface area contributed by atoms with Crippen LogP contribution in [0.4, 0.5) is 0 Å². The molecule has 2 rings (SSSR count). The van der Waals surface area contributed by atoms with Crippen LogP contribution in [0, 0.1) is 5.92 Å². The summed E-state index contributed by atoms with van der Waals surface area (Å²) >= 11 is 0. The minimum Gasteiger partial charge on any atom is -0.360 e. The molecule has 0 spiro atoms. The first-order chi connectivity index (χ1) is 6.77. The summed E-state index contributed by atoms with van der Waals surface area (Å²) in [6.45, 7) is 4.35. The maximum absolute atomic E-state index is 5.57. The number of allylic oxidation sites excluding steroid dienone is 1. The lowest BCUT2D eigenvalue weighted by molar-refractivity contribution is 0.393. The van der Waals surface area contributed by atoms with E-state index in [2.05, 4.69) is 50.3 Å². The van der Waals surface area contributed by atoms with Gasteiger partial charge in [0.15, 0.2) is 0 Å². The van der Waals surface area contributed by atoms with Crippen molar-refractivity contribution in [1.82, 2.24) is 0 Å². The summed E-state index contributed by atoms with van der Waals surface area (Å²) in [6, 6.07) is 10.4. The largest absolute Gasteiger partial charge is 0.360 e. The van der Waals surface area contributed by atoms with Crippen molar-refractivity contribution in [3.8, 4) is 0 Å². The lowest BCUT2D eigenvalue weighted by Crippen LogP contribution is -1.85. The van der Waals surface area contributed by atoms with Crippen LogP contribution in [0.3, 0.4) is 0 Å². The monoisotopic (exact) mass is 188 g/mol. The van der Waals surface area contributed by atoms with Gasteiger partial charge in [0.25, 0.3) is 0 Å². The highest BCUT2D eigenvalue weighted by Crippen LogP contribution is 2.39. The molecule has 0 aromatic heterocycles. The number of hydrogen-bond donors (Lipinski definition) is 0. The van der Waals surface area contributed by atoms with Crippen LogP contribution in [0.15, 0.2) is 42.5 Å². The van der Waals surface area contributed by atoms with Gasteiger partial charge >= 0.3 is 0 Å². The Bertz CT molecular complexity index is 313. The molecule has 0 amide bonds. The molecule has 0 saturated carbocycles. The molecule has 1 fully saturated rings. The zero-order valence-electron chi connectivity index (χ0n) is 8.68. The van der Waals surface area contributed by atoms with E-state index in [1.807, 2.05) is 6.07 Å². The standard InChI is InChI=1S/C13H16O/c1-10(2)8-9-12-13(14-12)11-6-4-3-5-7-11/h3-10,12-13H,1-2H3/b9-8+/t12-,13+/m1/s1. The molecule has 14 heavy (non-hydrogen) atoms. The average molecular weight is 188 g/mol. The summed E-state index contributed by atoms with van der Waals surface area (Å²) in [5.74, 6) is 0.607. The predicted octanol–water partition coefficient (Wildman–Crippen LogP) is 3.34. The van der Waals surface area contributed by atoms with E-state index in [1.165, 1.54) is 5.56 Å². The van der Waals surface area contributed by atoms with Crippen molar-refractivity contribution in [2.24, 2.45) is 5.92 Å². The summed E-state index contributed by atoms with van der Waals surface area (Å²) in [7, 11) is 0. The Labute approximate surface area is 85.4 Å². The van der Waals surface area contributed by atoms with Crippen molar-refractivity contribution in [2.45, 2.75) is 26.1 Å². The van der Waals surface area contributed by atoms with Crippen molar-refractivity contribution in [3.05, 3.63) is 48.0 Å². The Morgan fingerprint density at radius 3 is 2.57 bits per heavy atom. The summed E-state index contributed by atoms with van der Waals surface area (Å²) < 4.78 is 5.57. The first-order valence-electron chi connectivity index (χ1n) is 5.16. The van der Waals surface area contributed by atoms with E-state index < -0.39 is 0 Å². The van der Waals surface area contributed by atoms with Gasteiger partial charge in [-0.2, -0.15) is 0 Å². The number of rotatable bonds is 3. The highest BCUT2D eigenvalue weighted by molar-refractivity contribution is 5.24. The summed E-state index contributed by atoms with van der Waals surface area (Å²) in [6.07, 6.45) is 4.97. The minimum absolute atomic E-state index is 0.297. The normalized spacial score (nSPS) is 25.9. The molecular formula is C13H16O. The van der Waals surface area contributed by atoms with Crippen LogP contribution < -0.4 is 0 Å². The fraction of sp³-hybridized carbons (Fsp3) is 0.385. The van der Waals surface area contributed by atoms with E-state index in [-0.39, 0.29) is 0 Å². The minimum atomic E-state index is 0.297. The topological polar surface area (TPSA) is 12.5 Å². The maximum atomic E-state index is 5.57. The molecule has 1 saturated heterocycles. The van der Waals surface area contributed by atoms with Crippen LogP contribution in [0.2, 0.25) is 0 Å². The Morgan fingerprint density at radius 1 is 1.21 bits per heavy atom. The summed E-state index contributed by atoms with van der Waals surface area (Å²) in [5, 5.41) is 0. The molecule has 1 aromatic rings. The van der Waals surface area contributed by atoms with Gasteiger partial charge < -0.3 is 4.74 Å². The van der Waals surface area contributed by atoms with Crippen LogP contribution in [0.1, 0.15) is 25.5 Å². The van der Waals surface area contributed by atoms with Gasteiger partial charge in [-0.1, -0.05) is 56.3 Å². The van der Waals surface area contributed by atoms with E-state index in [9.17, 15) is 0 Å². The molecule has 0 unspecified atom stereocenters. The molecule has 1 aliphatic heterocycles. The number of hydrogen-bond acceptors (Lipinski definition) is 1. The van der Waals surface area contributed by atoms with Crippen LogP contribution in [-0.4, -0.2) is 6.10 Å². The van der Waals surface area contributed by atoms with Gasteiger partial charge in [-0.15, -0.1) is 0 Å². The number of ether oxygens (including phenoxy) is 1. The second-order valence-electron chi connectivity index (χ2n) is 4.06. The van der Waals surface area contributed by atoms with Crippen molar-refractivity contribution in [3.63, 3.8) is 0 Å². The first-order valence-corrected chi connectivity index (χ1v) is 5.16. The molecule has 0 N–H and O–H groups in total. The second kappa shape index (κ2) is 3.97. The zero-order valence-corrected chi connectivity index (χ0v) is 8.68. The molecule has 0 aliphatic carbocycles. The molecule has 1 aliphatic rings. The Kier molecular flexibility index (Phi) is 2.69. The van der Waals surface area contributed by atoms with Gasteiger partial charge in [-0.3, -0.25) is 0 Å². The van der Waals surface area contributed by atoms with Crippen molar-refractivity contribution in [1.29, 1.82) is 0 Å². The van der Waals surface area contributed by atoms with Gasteiger partial charge in [0.1, 0.15) is 12.2 Å². The molecule has 1 aromatic carbocycles. The van der Waals surface area contributed by atoms with Crippen LogP contribution in [0.5, 0.6) is 0 Å². The average Bonchev–Trinajstić information content (AvgIpc) is 2.95. The van der Waals surface area contributed by atoms with Gasteiger partial charge in [-0.05, 0) is 11.5 Å². The molecule has 0 radical (unpaired) electrons. The smallest absolute Gasteiger partial charge is 0.113 e. The molecule has 1 heterocycles. The van der Waals surface area contributed by atoms with E-state index in [0.717, 1.165) is 0 Å². The third kappa shape index (κ3) is 2.24. The zero-order chi connectivity index (χ0) is 9.97. The van der Waals surface area contributed by atoms with Crippen molar-refractivity contribution in [2.75, 3.05) is 0 Å². The lowest BCUT2D eigenvalue weighted by Gasteiger charge is -1.93. The highest BCUT2D eigenvalue weighted by Gasteiger charge is 2.37. The lowest BCUT2D eigenvalue weighted by atomic mass is 10.1. The number of benzene rings is 1. The van der Waals surface area contributed by atoms with Gasteiger partial charge in [0.05, 0.1) is 0 Å². The molecule has 0 bridgehead atoms. The van der Waals surface area contributed by atoms with Crippen molar-refractivity contribution >= 4 is 0 Å².